The van der Waals surface area contributed by atoms with Gasteiger partial charge in [0.2, 0.25) is 0 Å². The van der Waals surface area contributed by atoms with Crippen molar-refractivity contribution in [1.29, 1.82) is 0 Å². The number of benzene rings is 1. The Morgan fingerprint density at radius 1 is 1.12 bits per heavy atom. The molecule has 26 heavy (non-hydrogen) atoms. The molecule has 2 aromatic rings. The summed E-state index contributed by atoms with van der Waals surface area (Å²) in [6.07, 6.45) is 0. The predicted molar refractivity (Wildman–Crippen MR) is 108 cm³/mol. The van der Waals surface area contributed by atoms with Crippen LogP contribution in [0.3, 0.4) is 0 Å². The first kappa shape index (κ1) is 19.4. The molecule has 1 fully saturated rings. The summed E-state index contributed by atoms with van der Waals surface area (Å²) in [6.45, 7) is 13.0. The van der Waals surface area contributed by atoms with E-state index in [0.717, 1.165) is 55.7 Å². The lowest BCUT2D eigenvalue weighted by molar-refractivity contribution is 0.118. The molecule has 3 rings (SSSR count). The fraction of sp³-hybridized carbons (Fsp3) is 0.550. The van der Waals surface area contributed by atoms with Crippen LogP contribution in [0.15, 0.2) is 24.3 Å². The molecule has 6 heteroatoms. The number of hydrogen-bond donors (Lipinski definition) is 1. The predicted octanol–water partition coefficient (Wildman–Crippen LogP) is 2.87. The van der Waals surface area contributed by atoms with Crippen molar-refractivity contribution in [3.05, 3.63) is 46.2 Å². The number of nitrogens with one attached hydrogen (secondary N) is 1. The van der Waals surface area contributed by atoms with Gasteiger partial charge in [0.15, 0.2) is 0 Å². The third-order valence-electron chi connectivity index (χ3n) is 5.42. The minimum atomic E-state index is 0.552. The van der Waals surface area contributed by atoms with Crippen LogP contribution in [0.4, 0.5) is 0 Å². The van der Waals surface area contributed by atoms with E-state index in [9.17, 15) is 0 Å². The topological polar surface area (TPSA) is 36.3 Å². The zero-order valence-electron chi connectivity index (χ0n) is 16.3. The summed E-state index contributed by atoms with van der Waals surface area (Å²) < 4.78 is 2.01. The molecular formula is C20H30ClN5. The van der Waals surface area contributed by atoms with Crippen molar-refractivity contribution in [1.82, 2.24) is 24.9 Å². The number of likely N-dealkylation sites (N-methyl/N-ethyl adjacent to an activating group) is 1. The molecule has 0 amide bonds. The summed E-state index contributed by atoms with van der Waals surface area (Å²) in [7, 11) is 2.20. The number of nitrogens with zero attached hydrogens (tertiary/aromatic N) is 4. The van der Waals surface area contributed by atoms with Crippen LogP contribution < -0.4 is 5.32 Å². The highest BCUT2D eigenvalue weighted by atomic mass is 35.5. The quantitative estimate of drug-likeness (QED) is 0.842. The van der Waals surface area contributed by atoms with E-state index >= 15 is 0 Å². The van der Waals surface area contributed by atoms with Gasteiger partial charge in [-0.3, -0.25) is 4.90 Å². The molecule has 1 atom stereocenters. The van der Waals surface area contributed by atoms with Crippen molar-refractivity contribution in [3.63, 3.8) is 0 Å². The normalized spacial score (nSPS) is 17.6. The van der Waals surface area contributed by atoms with Crippen LogP contribution in [0.1, 0.15) is 23.9 Å². The van der Waals surface area contributed by atoms with E-state index in [-0.39, 0.29) is 0 Å². The molecule has 0 saturated carbocycles. The van der Waals surface area contributed by atoms with E-state index in [1.165, 1.54) is 11.3 Å². The molecule has 0 bridgehead atoms. The number of halogens is 1. The van der Waals surface area contributed by atoms with Crippen LogP contribution >= 0.6 is 11.6 Å². The summed E-state index contributed by atoms with van der Waals surface area (Å²) in [4.78, 5) is 4.97. The molecule has 1 aliphatic rings. The maximum atomic E-state index is 6.00. The van der Waals surface area contributed by atoms with Gasteiger partial charge in [-0.05, 0) is 52.1 Å². The van der Waals surface area contributed by atoms with E-state index < -0.39 is 0 Å². The standard InChI is InChI=1S/C20H30ClN5/c1-15(25-11-9-24(4)10-12-25)13-22-14-20-16(2)23-26(17(20)3)19-7-5-18(21)6-8-19/h5-8,15,22H,9-14H2,1-4H3. The minimum absolute atomic E-state index is 0.552. The lowest BCUT2D eigenvalue weighted by atomic mass is 10.2. The van der Waals surface area contributed by atoms with E-state index in [4.69, 9.17) is 16.7 Å². The Hall–Kier alpha value is -1.40. The zero-order valence-corrected chi connectivity index (χ0v) is 17.1. The molecule has 1 N–H and O–H groups in total. The second-order valence-electron chi connectivity index (χ2n) is 7.36. The molecular weight excluding hydrogens is 346 g/mol. The van der Waals surface area contributed by atoms with Gasteiger partial charge in [-0.1, -0.05) is 11.6 Å². The summed E-state index contributed by atoms with van der Waals surface area (Å²) in [6, 6.07) is 8.38. The Labute approximate surface area is 161 Å². The van der Waals surface area contributed by atoms with E-state index in [1.807, 2.05) is 28.9 Å². The van der Waals surface area contributed by atoms with Crippen LogP contribution in [0, 0.1) is 13.8 Å². The molecule has 1 unspecified atom stereocenters. The van der Waals surface area contributed by atoms with Gasteiger partial charge in [0.05, 0.1) is 11.4 Å². The number of piperazine rings is 1. The zero-order chi connectivity index (χ0) is 18.7. The lowest BCUT2D eigenvalue weighted by Gasteiger charge is -2.36. The van der Waals surface area contributed by atoms with Crippen molar-refractivity contribution in [3.8, 4) is 5.69 Å². The highest BCUT2D eigenvalue weighted by molar-refractivity contribution is 6.30. The van der Waals surface area contributed by atoms with E-state index in [1.54, 1.807) is 0 Å². The van der Waals surface area contributed by atoms with Gasteiger partial charge >= 0.3 is 0 Å². The highest BCUT2D eigenvalue weighted by Gasteiger charge is 2.19. The molecule has 1 aliphatic heterocycles. The third kappa shape index (κ3) is 4.46. The molecule has 142 valence electrons. The van der Waals surface area contributed by atoms with Crippen LogP contribution in [-0.2, 0) is 6.54 Å². The molecule has 1 aromatic heterocycles. The van der Waals surface area contributed by atoms with Gasteiger partial charge in [-0.15, -0.1) is 0 Å². The summed E-state index contributed by atoms with van der Waals surface area (Å²) in [5, 5.41) is 9.10. The van der Waals surface area contributed by atoms with Crippen LogP contribution in [0.5, 0.6) is 0 Å². The maximum absolute atomic E-state index is 6.00. The molecule has 1 saturated heterocycles. The SMILES string of the molecule is Cc1nn(-c2ccc(Cl)cc2)c(C)c1CNCC(C)N1CCN(C)CC1. The van der Waals surface area contributed by atoms with Gasteiger partial charge in [0.1, 0.15) is 0 Å². The fourth-order valence-electron chi connectivity index (χ4n) is 3.56. The van der Waals surface area contributed by atoms with Crippen molar-refractivity contribution >= 4 is 11.6 Å². The summed E-state index contributed by atoms with van der Waals surface area (Å²) in [5.74, 6) is 0. The monoisotopic (exact) mass is 375 g/mol. The first-order chi connectivity index (χ1) is 12.5. The first-order valence-electron chi connectivity index (χ1n) is 9.40. The Morgan fingerprint density at radius 2 is 1.77 bits per heavy atom. The second-order valence-corrected chi connectivity index (χ2v) is 7.79. The number of aromatic nitrogens is 2. The number of aryl methyl sites for hydroxylation is 1. The Balaban J connectivity index is 1.59. The van der Waals surface area contributed by atoms with Gasteiger partial charge in [-0.25, -0.2) is 4.68 Å². The van der Waals surface area contributed by atoms with Gasteiger partial charge in [0.25, 0.3) is 0 Å². The average molecular weight is 376 g/mol. The van der Waals surface area contributed by atoms with Gasteiger partial charge in [0, 0.05) is 61.6 Å². The number of hydrogen-bond acceptors (Lipinski definition) is 4. The van der Waals surface area contributed by atoms with Crippen LogP contribution in [0.2, 0.25) is 5.02 Å². The Kier molecular flexibility index (Phi) is 6.35. The second kappa shape index (κ2) is 8.53. The average Bonchev–Trinajstić information content (AvgIpc) is 2.91. The van der Waals surface area contributed by atoms with Crippen molar-refractivity contribution in [2.75, 3.05) is 39.8 Å². The molecule has 0 spiro atoms. The third-order valence-corrected chi connectivity index (χ3v) is 5.67. The molecule has 1 aromatic carbocycles. The van der Waals surface area contributed by atoms with Crippen molar-refractivity contribution < 1.29 is 0 Å². The molecule has 0 aliphatic carbocycles. The smallest absolute Gasteiger partial charge is 0.0649 e. The van der Waals surface area contributed by atoms with Crippen molar-refractivity contribution in [2.24, 2.45) is 0 Å². The highest BCUT2D eigenvalue weighted by Crippen LogP contribution is 2.19. The van der Waals surface area contributed by atoms with Crippen LogP contribution in [0.25, 0.3) is 5.69 Å². The molecule has 5 nitrogen and oxygen atoms in total. The van der Waals surface area contributed by atoms with Crippen LogP contribution in [-0.4, -0.2) is 65.4 Å². The Bertz CT molecular complexity index is 717. The minimum Gasteiger partial charge on any atom is -0.311 e. The lowest BCUT2D eigenvalue weighted by Crippen LogP contribution is -2.50. The molecule has 2 heterocycles. The summed E-state index contributed by atoms with van der Waals surface area (Å²) >= 11 is 6.00. The van der Waals surface area contributed by atoms with E-state index in [0.29, 0.717) is 6.04 Å². The van der Waals surface area contributed by atoms with E-state index in [2.05, 4.69) is 42.9 Å². The number of rotatable bonds is 6. The van der Waals surface area contributed by atoms with Gasteiger partial charge < -0.3 is 10.2 Å². The van der Waals surface area contributed by atoms with Gasteiger partial charge in [-0.2, -0.15) is 5.10 Å². The fourth-order valence-corrected chi connectivity index (χ4v) is 3.69. The summed E-state index contributed by atoms with van der Waals surface area (Å²) in [5.41, 5.74) is 4.60. The maximum Gasteiger partial charge on any atom is 0.0649 e. The molecule has 0 radical (unpaired) electrons. The largest absolute Gasteiger partial charge is 0.311 e. The van der Waals surface area contributed by atoms with Crippen molar-refractivity contribution in [2.45, 2.75) is 33.4 Å². The Morgan fingerprint density at radius 3 is 2.42 bits per heavy atom. The first-order valence-corrected chi connectivity index (χ1v) is 9.78.